The Kier molecular flexibility index (Phi) is 6.99. The number of benzene rings is 1. The maximum Gasteiger partial charge on any atom is 0.261 e. The second-order valence-corrected chi connectivity index (χ2v) is 3.93. The molecule has 19 heavy (non-hydrogen) atoms. The number of carbonyl (C=O) groups excluding carboxylic acids is 1. The van der Waals surface area contributed by atoms with Crippen molar-refractivity contribution in [3.05, 3.63) is 35.9 Å². The van der Waals surface area contributed by atoms with E-state index in [0.717, 1.165) is 5.56 Å². The van der Waals surface area contributed by atoms with Gasteiger partial charge in [0.15, 0.2) is 0 Å². The molecule has 106 valence electrons. The summed E-state index contributed by atoms with van der Waals surface area (Å²) in [7, 11) is 0. The largest absolute Gasteiger partial charge is 0.394 e. The van der Waals surface area contributed by atoms with Crippen molar-refractivity contribution >= 4 is 5.91 Å². The Morgan fingerprint density at radius 3 is 2.58 bits per heavy atom. The van der Waals surface area contributed by atoms with Gasteiger partial charge in [0.25, 0.3) is 6.43 Å². The molecule has 0 bridgehead atoms. The Morgan fingerprint density at radius 1 is 1.32 bits per heavy atom. The zero-order valence-electron chi connectivity index (χ0n) is 10.4. The standard InChI is InChI=1S/C13H17F2NO3/c14-12(15)9-19-7-6-13(18)16-11(8-17)10-4-2-1-3-5-10/h1-5,11-12,17H,6-9H2,(H,16,18)/t11-/m0/s1. The first-order valence-electron chi connectivity index (χ1n) is 5.94. The van der Waals surface area contributed by atoms with E-state index in [9.17, 15) is 18.7 Å². The van der Waals surface area contributed by atoms with E-state index >= 15 is 0 Å². The minimum atomic E-state index is -2.53. The first kappa shape index (κ1) is 15.5. The van der Waals surface area contributed by atoms with E-state index < -0.39 is 19.1 Å². The third kappa shape index (κ3) is 6.26. The Labute approximate surface area is 110 Å². The van der Waals surface area contributed by atoms with Crippen molar-refractivity contribution in [2.75, 3.05) is 19.8 Å². The SMILES string of the molecule is O=C(CCOCC(F)F)N[C@@H](CO)c1ccccc1. The van der Waals surface area contributed by atoms with Gasteiger partial charge >= 0.3 is 0 Å². The van der Waals surface area contributed by atoms with Crippen molar-refractivity contribution in [2.45, 2.75) is 18.9 Å². The molecule has 1 aromatic carbocycles. The summed E-state index contributed by atoms with van der Waals surface area (Å²) in [6, 6.07) is 8.51. The molecule has 0 saturated carbocycles. The van der Waals surface area contributed by atoms with Gasteiger partial charge in [-0.05, 0) is 5.56 Å². The summed E-state index contributed by atoms with van der Waals surface area (Å²) in [4.78, 5) is 11.5. The van der Waals surface area contributed by atoms with Gasteiger partial charge in [-0.3, -0.25) is 4.79 Å². The number of halogens is 2. The molecule has 4 nitrogen and oxygen atoms in total. The number of ether oxygens (including phenoxy) is 1. The molecule has 0 heterocycles. The maximum atomic E-state index is 11.8. The Morgan fingerprint density at radius 2 is 2.00 bits per heavy atom. The summed E-state index contributed by atoms with van der Waals surface area (Å²) in [6.45, 7) is -0.966. The second-order valence-electron chi connectivity index (χ2n) is 3.93. The number of rotatable bonds is 8. The van der Waals surface area contributed by atoms with Crippen LogP contribution in [0.1, 0.15) is 18.0 Å². The monoisotopic (exact) mass is 273 g/mol. The molecule has 0 spiro atoms. The van der Waals surface area contributed by atoms with E-state index in [1.54, 1.807) is 24.3 Å². The lowest BCUT2D eigenvalue weighted by atomic mass is 10.1. The number of carbonyl (C=O) groups is 1. The van der Waals surface area contributed by atoms with E-state index in [2.05, 4.69) is 10.1 Å². The highest BCUT2D eigenvalue weighted by molar-refractivity contribution is 5.76. The van der Waals surface area contributed by atoms with Gasteiger partial charge in [0.1, 0.15) is 6.61 Å². The van der Waals surface area contributed by atoms with Crippen LogP contribution in [0.5, 0.6) is 0 Å². The average molecular weight is 273 g/mol. The number of aliphatic hydroxyl groups is 1. The fourth-order valence-electron chi connectivity index (χ4n) is 1.52. The van der Waals surface area contributed by atoms with Gasteiger partial charge < -0.3 is 15.2 Å². The Hall–Kier alpha value is -1.53. The van der Waals surface area contributed by atoms with Crippen molar-refractivity contribution in [1.29, 1.82) is 0 Å². The van der Waals surface area contributed by atoms with Crippen LogP contribution in [-0.2, 0) is 9.53 Å². The van der Waals surface area contributed by atoms with E-state index in [1.165, 1.54) is 0 Å². The molecule has 0 unspecified atom stereocenters. The fourth-order valence-corrected chi connectivity index (χ4v) is 1.52. The van der Waals surface area contributed by atoms with Gasteiger partial charge in [-0.25, -0.2) is 8.78 Å². The van der Waals surface area contributed by atoms with Gasteiger partial charge in [0.2, 0.25) is 5.91 Å². The number of aliphatic hydroxyl groups excluding tert-OH is 1. The zero-order chi connectivity index (χ0) is 14.1. The van der Waals surface area contributed by atoms with Crippen molar-refractivity contribution < 1.29 is 23.4 Å². The van der Waals surface area contributed by atoms with E-state index in [-0.39, 0.29) is 25.5 Å². The maximum absolute atomic E-state index is 11.8. The van der Waals surface area contributed by atoms with Gasteiger partial charge in [0.05, 0.1) is 19.3 Å². The second kappa shape index (κ2) is 8.55. The molecule has 2 N–H and O–H groups in total. The van der Waals surface area contributed by atoms with Gasteiger partial charge in [-0.15, -0.1) is 0 Å². The molecule has 1 atom stereocenters. The van der Waals surface area contributed by atoms with Crippen LogP contribution in [0.2, 0.25) is 0 Å². The molecule has 0 radical (unpaired) electrons. The normalized spacial score (nSPS) is 12.4. The molecule has 0 aliphatic heterocycles. The van der Waals surface area contributed by atoms with Gasteiger partial charge in [-0.1, -0.05) is 30.3 Å². The number of nitrogens with one attached hydrogen (secondary N) is 1. The van der Waals surface area contributed by atoms with Gasteiger partial charge in [0, 0.05) is 6.42 Å². The van der Waals surface area contributed by atoms with Crippen LogP contribution in [0.3, 0.4) is 0 Å². The molecule has 1 rings (SSSR count). The lowest BCUT2D eigenvalue weighted by Crippen LogP contribution is -2.31. The zero-order valence-corrected chi connectivity index (χ0v) is 10.4. The van der Waals surface area contributed by atoms with Crippen LogP contribution in [0.25, 0.3) is 0 Å². The summed E-state index contributed by atoms with van der Waals surface area (Å²) in [6.07, 6.45) is -2.55. The van der Waals surface area contributed by atoms with Gasteiger partial charge in [-0.2, -0.15) is 0 Å². The van der Waals surface area contributed by atoms with E-state index in [1.807, 2.05) is 6.07 Å². The van der Waals surface area contributed by atoms with Crippen molar-refractivity contribution in [3.8, 4) is 0 Å². The molecule has 0 fully saturated rings. The summed E-state index contributed by atoms with van der Waals surface area (Å²) in [5.41, 5.74) is 0.784. The first-order valence-corrected chi connectivity index (χ1v) is 5.94. The van der Waals surface area contributed by atoms with E-state index in [0.29, 0.717) is 0 Å². The molecule has 0 saturated heterocycles. The highest BCUT2D eigenvalue weighted by atomic mass is 19.3. The molecule has 0 aliphatic rings. The van der Waals surface area contributed by atoms with Crippen molar-refractivity contribution in [1.82, 2.24) is 5.32 Å². The molecular formula is C13H17F2NO3. The highest BCUT2D eigenvalue weighted by Gasteiger charge is 2.13. The first-order chi connectivity index (χ1) is 9.13. The topological polar surface area (TPSA) is 58.6 Å². The summed E-state index contributed by atoms with van der Waals surface area (Å²) >= 11 is 0. The smallest absolute Gasteiger partial charge is 0.261 e. The minimum Gasteiger partial charge on any atom is -0.394 e. The van der Waals surface area contributed by atoms with Crippen LogP contribution in [0.4, 0.5) is 8.78 Å². The van der Waals surface area contributed by atoms with Crippen molar-refractivity contribution in [3.63, 3.8) is 0 Å². The fraction of sp³-hybridized carbons (Fsp3) is 0.462. The molecule has 0 aliphatic carbocycles. The average Bonchev–Trinajstić information content (AvgIpc) is 2.41. The summed E-state index contributed by atoms with van der Waals surface area (Å²) in [5.74, 6) is -0.350. The lowest BCUT2D eigenvalue weighted by molar-refractivity contribution is -0.123. The molecule has 1 amide bonds. The predicted octanol–water partition coefficient (Wildman–Crippen LogP) is 1.51. The number of amides is 1. The Bertz CT molecular complexity index is 373. The molecule has 6 heteroatoms. The predicted molar refractivity (Wildman–Crippen MR) is 65.9 cm³/mol. The molecule has 0 aromatic heterocycles. The third-order valence-corrected chi connectivity index (χ3v) is 2.44. The lowest BCUT2D eigenvalue weighted by Gasteiger charge is -2.16. The highest BCUT2D eigenvalue weighted by Crippen LogP contribution is 2.11. The Balaban J connectivity index is 2.33. The molecular weight excluding hydrogens is 256 g/mol. The quantitative estimate of drug-likeness (QED) is 0.706. The van der Waals surface area contributed by atoms with E-state index in [4.69, 9.17) is 0 Å². The van der Waals surface area contributed by atoms with Crippen LogP contribution < -0.4 is 5.32 Å². The summed E-state index contributed by atoms with van der Waals surface area (Å²) in [5, 5.41) is 11.8. The van der Waals surface area contributed by atoms with Crippen molar-refractivity contribution in [2.24, 2.45) is 0 Å². The van der Waals surface area contributed by atoms with Crippen LogP contribution in [0.15, 0.2) is 30.3 Å². The molecule has 1 aromatic rings. The number of hydrogen-bond acceptors (Lipinski definition) is 3. The van der Waals surface area contributed by atoms with Crippen LogP contribution in [-0.4, -0.2) is 37.3 Å². The van der Waals surface area contributed by atoms with Crippen LogP contribution >= 0.6 is 0 Å². The van der Waals surface area contributed by atoms with Crippen LogP contribution in [0, 0.1) is 0 Å². The number of alkyl halides is 2. The minimum absolute atomic E-state index is 0.0178. The third-order valence-electron chi connectivity index (χ3n) is 2.44. The number of hydrogen-bond donors (Lipinski definition) is 2. The summed E-state index contributed by atoms with van der Waals surface area (Å²) < 4.78 is 28.2.